The second kappa shape index (κ2) is 7.47. The summed E-state index contributed by atoms with van der Waals surface area (Å²) in [7, 11) is 1.84. The number of aromatic nitrogens is 2. The molecule has 1 heterocycles. The van der Waals surface area contributed by atoms with Gasteiger partial charge in [-0.05, 0) is 37.3 Å². The van der Waals surface area contributed by atoms with E-state index in [2.05, 4.69) is 15.5 Å². The molecule has 0 aliphatic heterocycles. The van der Waals surface area contributed by atoms with Crippen molar-refractivity contribution < 1.29 is 9.32 Å². The van der Waals surface area contributed by atoms with Gasteiger partial charge < -0.3 is 14.7 Å². The average molecular weight is 328 g/mol. The Balaban J connectivity index is 1.53. The molecule has 0 bridgehead atoms. The Bertz CT molecular complexity index is 692. The smallest absolute Gasteiger partial charge is 0.317 e. The van der Waals surface area contributed by atoms with Crippen LogP contribution >= 0.6 is 0 Å². The lowest BCUT2D eigenvalue weighted by molar-refractivity contribution is 0.200. The highest BCUT2D eigenvalue weighted by atomic mass is 16.5. The van der Waals surface area contributed by atoms with Crippen LogP contribution in [0.2, 0.25) is 0 Å². The minimum Gasteiger partial charge on any atom is -0.334 e. The van der Waals surface area contributed by atoms with E-state index in [0.29, 0.717) is 17.6 Å². The van der Waals surface area contributed by atoms with Gasteiger partial charge >= 0.3 is 6.03 Å². The van der Waals surface area contributed by atoms with Crippen LogP contribution < -0.4 is 5.32 Å². The summed E-state index contributed by atoms with van der Waals surface area (Å²) >= 11 is 0. The Morgan fingerprint density at radius 2 is 2.08 bits per heavy atom. The van der Waals surface area contributed by atoms with E-state index >= 15 is 0 Å². The second-order valence-corrected chi connectivity index (χ2v) is 6.52. The summed E-state index contributed by atoms with van der Waals surface area (Å²) in [6, 6.07) is 7.76. The first-order valence-corrected chi connectivity index (χ1v) is 8.51. The van der Waals surface area contributed by atoms with Crippen LogP contribution in [-0.4, -0.2) is 34.7 Å². The Morgan fingerprint density at radius 3 is 2.83 bits per heavy atom. The van der Waals surface area contributed by atoms with Crippen LogP contribution in [0.25, 0.3) is 11.5 Å². The number of carbonyl (C=O) groups excluding carboxylic acids is 1. The van der Waals surface area contributed by atoms with Crippen molar-refractivity contribution in [3.63, 3.8) is 0 Å². The molecule has 2 aromatic rings. The molecule has 1 aliphatic carbocycles. The van der Waals surface area contributed by atoms with E-state index in [1.807, 2.05) is 38.2 Å². The number of amides is 2. The molecule has 0 spiro atoms. The fourth-order valence-corrected chi connectivity index (χ4v) is 3.20. The van der Waals surface area contributed by atoms with E-state index in [9.17, 15) is 4.79 Å². The first-order chi connectivity index (χ1) is 11.6. The first kappa shape index (κ1) is 16.5. The van der Waals surface area contributed by atoms with Crippen molar-refractivity contribution in [2.24, 2.45) is 5.92 Å². The molecule has 3 rings (SSSR count). The van der Waals surface area contributed by atoms with Gasteiger partial charge in [-0.25, -0.2) is 4.79 Å². The van der Waals surface area contributed by atoms with Crippen molar-refractivity contribution >= 4 is 6.03 Å². The zero-order chi connectivity index (χ0) is 16.9. The van der Waals surface area contributed by atoms with Crippen molar-refractivity contribution in [1.29, 1.82) is 0 Å². The first-order valence-electron chi connectivity index (χ1n) is 8.51. The van der Waals surface area contributed by atoms with Gasteiger partial charge in [-0.1, -0.05) is 36.2 Å². The number of benzene rings is 1. The average Bonchev–Trinajstić information content (AvgIpc) is 3.24. The SMILES string of the molecule is Cc1ccccc1-c1nc(CNC(=O)N(C)CC2CCCC2)no1. The van der Waals surface area contributed by atoms with Crippen LogP contribution in [0.1, 0.15) is 37.1 Å². The third kappa shape index (κ3) is 3.93. The zero-order valence-electron chi connectivity index (χ0n) is 14.3. The Labute approximate surface area is 142 Å². The predicted molar refractivity (Wildman–Crippen MR) is 91.3 cm³/mol. The maximum Gasteiger partial charge on any atom is 0.317 e. The van der Waals surface area contributed by atoms with E-state index < -0.39 is 0 Å². The Hall–Kier alpha value is -2.37. The summed E-state index contributed by atoms with van der Waals surface area (Å²) in [5.41, 5.74) is 1.99. The van der Waals surface area contributed by atoms with E-state index in [-0.39, 0.29) is 12.6 Å². The lowest BCUT2D eigenvalue weighted by Crippen LogP contribution is -2.39. The fourth-order valence-electron chi connectivity index (χ4n) is 3.20. The topological polar surface area (TPSA) is 71.3 Å². The molecule has 0 radical (unpaired) electrons. The van der Waals surface area contributed by atoms with Gasteiger partial charge in [-0.3, -0.25) is 0 Å². The van der Waals surface area contributed by atoms with Crippen LogP contribution in [0.4, 0.5) is 4.79 Å². The molecule has 1 aliphatic rings. The molecule has 1 fully saturated rings. The molecule has 1 N–H and O–H groups in total. The van der Waals surface area contributed by atoms with Crippen molar-refractivity contribution in [2.45, 2.75) is 39.2 Å². The Morgan fingerprint density at radius 1 is 1.33 bits per heavy atom. The van der Waals surface area contributed by atoms with Crippen LogP contribution in [0.3, 0.4) is 0 Å². The predicted octanol–water partition coefficient (Wildman–Crippen LogP) is 3.38. The molecular formula is C18H24N4O2. The van der Waals surface area contributed by atoms with Gasteiger partial charge in [0.15, 0.2) is 5.82 Å². The molecule has 24 heavy (non-hydrogen) atoms. The number of hydrogen-bond donors (Lipinski definition) is 1. The Kier molecular flexibility index (Phi) is 5.13. The zero-order valence-corrected chi connectivity index (χ0v) is 14.3. The molecule has 6 nitrogen and oxygen atoms in total. The van der Waals surface area contributed by atoms with Gasteiger partial charge in [0, 0.05) is 19.2 Å². The van der Waals surface area contributed by atoms with E-state index in [4.69, 9.17) is 4.52 Å². The summed E-state index contributed by atoms with van der Waals surface area (Å²) < 4.78 is 5.31. The van der Waals surface area contributed by atoms with Crippen molar-refractivity contribution in [3.8, 4) is 11.5 Å². The molecule has 1 aromatic carbocycles. The number of rotatable bonds is 5. The molecule has 1 aromatic heterocycles. The van der Waals surface area contributed by atoms with E-state index in [0.717, 1.165) is 17.7 Å². The van der Waals surface area contributed by atoms with Crippen molar-refractivity contribution in [2.75, 3.05) is 13.6 Å². The number of hydrogen-bond acceptors (Lipinski definition) is 4. The highest BCUT2D eigenvalue weighted by Crippen LogP contribution is 2.25. The third-order valence-corrected chi connectivity index (χ3v) is 4.59. The highest BCUT2D eigenvalue weighted by Gasteiger charge is 2.19. The monoisotopic (exact) mass is 328 g/mol. The standard InChI is InChI=1S/C18H24N4O2/c1-13-7-3-6-10-15(13)17-20-16(21-24-17)11-19-18(23)22(2)12-14-8-4-5-9-14/h3,6-7,10,14H,4-5,8-9,11-12H2,1-2H3,(H,19,23). The summed E-state index contributed by atoms with van der Waals surface area (Å²) in [4.78, 5) is 18.3. The number of carbonyl (C=O) groups is 1. The van der Waals surface area contributed by atoms with Gasteiger partial charge in [0.25, 0.3) is 5.89 Å². The van der Waals surface area contributed by atoms with Crippen molar-refractivity contribution in [3.05, 3.63) is 35.7 Å². The van der Waals surface area contributed by atoms with Crippen LogP contribution in [0.5, 0.6) is 0 Å². The number of aryl methyl sites for hydroxylation is 1. The van der Waals surface area contributed by atoms with Gasteiger partial charge in [-0.15, -0.1) is 0 Å². The normalized spacial score (nSPS) is 14.8. The van der Waals surface area contributed by atoms with Crippen LogP contribution in [0, 0.1) is 12.8 Å². The molecule has 2 amide bonds. The summed E-state index contributed by atoms with van der Waals surface area (Å²) in [5, 5.41) is 6.80. The van der Waals surface area contributed by atoms with Gasteiger partial charge in [0.05, 0.1) is 6.54 Å². The van der Waals surface area contributed by atoms with Gasteiger partial charge in [-0.2, -0.15) is 4.98 Å². The second-order valence-electron chi connectivity index (χ2n) is 6.52. The summed E-state index contributed by atoms with van der Waals surface area (Å²) in [6.45, 7) is 3.08. The molecule has 0 unspecified atom stereocenters. The summed E-state index contributed by atoms with van der Waals surface area (Å²) in [6.07, 6.45) is 5.01. The largest absolute Gasteiger partial charge is 0.334 e. The lowest BCUT2D eigenvalue weighted by atomic mass is 10.1. The number of urea groups is 1. The van der Waals surface area contributed by atoms with E-state index in [1.165, 1.54) is 25.7 Å². The van der Waals surface area contributed by atoms with Crippen LogP contribution in [0.15, 0.2) is 28.8 Å². The molecule has 6 heteroatoms. The molecule has 0 saturated heterocycles. The van der Waals surface area contributed by atoms with E-state index in [1.54, 1.807) is 4.90 Å². The third-order valence-electron chi connectivity index (χ3n) is 4.59. The molecule has 0 atom stereocenters. The minimum atomic E-state index is -0.0934. The quantitative estimate of drug-likeness (QED) is 0.913. The highest BCUT2D eigenvalue weighted by molar-refractivity contribution is 5.73. The lowest BCUT2D eigenvalue weighted by Gasteiger charge is -2.21. The summed E-state index contributed by atoms with van der Waals surface area (Å²) in [5.74, 6) is 1.60. The maximum absolute atomic E-state index is 12.2. The number of nitrogens with one attached hydrogen (secondary N) is 1. The number of nitrogens with zero attached hydrogens (tertiary/aromatic N) is 3. The van der Waals surface area contributed by atoms with Crippen LogP contribution in [-0.2, 0) is 6.54 Å². The van der Waals surface area contributed by atoms with Gasteiger partial charge in [0.1, 0.15) is 0 Å². The molecular weight excluding hydrogens is 304 g/mol. The van der Waals surface area contributed by atoms with Gasteiger partial charge in [0.2, 0.25) is 0 Å². The molecule has 128 valence electrons. The minimum absolute atomic E-state index is 0.0934. The maximum atomic E-state index is 12.2. The fraction of sp³-hybridized carbons (Fsp3) is 0.500. The molecule has 1 saturated carbocycles. The van der Waals surface area contributed by atoms with Crippen molar-refractivity contribution in [1.82, 2.24) is 20.4 Å².